The van der Waals surface area contributed by atoms with Crippen molar-refractivity contribution in [3.05, 3.63) is 23.8 Å². The van der Waals surface area contributed by atoms with E-state index >= 15 is 0 Å². The van der Waals surface area contributed by atoms with Crippen LogP contribution in [0.1, 0.15) is 58.9 Å². The summed E-state index contributed by atoms with van der Waals surface area (Å²) in [5.74, 6) is 1.97. The highest BCUT2D eigenvalue weighted by molar-refractivity contribution is 5.85. The van der Waals surface area contributed by atoms with Gasteiger partial charge in [0, 0.05) is 44.7 Å². The van der Waals surface area contributed by atoms with Gasteiger partial charge in [-0.25, -0.2) is 0 Å². The van der Waals surface area contributed by atoms with Crippen LogP contribution in [0, 0.1) is 23.7 Å². The third-order valence-corrected chi connectivity index (χ3v) is 7.53. The molecule has 0 spiro atoms. The Balaban J connectivity index is 0.00000722. The summed E-state index contributed by atoms with van der Waals surface area (Å²) in [5.41, 5.74) is 7.69. The predicted molar refractivity (Wildman–Crippen MR) is 162 cm³/mol. The van der Waals surface area contributed by atoms with Gasteiger partial charge in [-0.2, -0.15) is 0 Å². The van der Waals surface area contributed by atoms with Crippen LogP contribution >= 0.6 is 24.8 Å². The van der Waals surface area contributed by atoms with Crippen LogP contribution < -0.4 is 25.8 Å². The third kappa shape index (κ3) is 12.8. The van der Waals surface area contributed by atoms with E-state index in [1.807, 2.05) is 26.0 Å². The predicted octanol–water partition coefficient (Wildman–Crippen LogP) is 3.99. The molecule has 2 rings (SSSR count). The number of hydrogen-bond acceptors (Lipinski definition) is 7. The molecule has 228 valence electrons. The number of ether oxygens (including phenoxy) is 3. The van der Waals surface area contributed by atoms with Crippen molar-refractivity contribution in [3.8, 4) is 11.5 Å². The standard InChI is InChI=1S/C29H51N3O5.2ClH/c1-19(2)22(14-21-8-9-27(36-6)28(15-21)37-13-7-12-35-5)16-25(30)26(33)17-24(20(3)4)29(34)32-23-10-11-31-18-23;;/h8-9,15,19-20,22-26,31,33H,7,10-14,16-18,30H2,1-6H3,(H,32,34);2*1H/t22?,23-,24?,25?,26?;;/m0../s1. The average Bonchev–Trinajstić information content (AvgIpc) is 3.37. The monoisotopic (exact) mass is 593 g/mol. The number of rotatable bonds is 17. The molecule has 1 aliphatic rings. The molecule has 1 amide bonds. The van der Waals surface area contributed by atoms with Crippen molar-refractivity contribution in [1.82, 2.24) is 10.6 Å². The highest BCUT2D eigenvalue weighted by Gasteiger charge is 2.31. The number of aliphatic hydroxyl groups is 1. The molecule has 5 N–H and O–H groups in total. The highest BCUT2D eigenvalue weighted by Crippen LogP contribution is 2.31. The molecule has 0 radical (unpaired) electrons. The zero-order valence-electron chi connectivity index (χ0n) is 24.6. The summed E-state index contributed by atoms with van der Waals surface area (Å²) in [6.45, 7) is 11.4. The van der Waals surface area contributed by atoms with E-state index in [0.717, 1.165) is 43.7 Å². The van der Waals surface area contributed by atoms with E-state index in [1.54, 1.807) is 14.2 Å². The van der Waals surface area contributed by atoms with E-state index < -0.39 is 12.1 Å². The number of hydrogen-bond donors (Lipinski definition) is 4. The maximum Gasteiger partial charge on any atom is 0.223 e. The first-order chi connectivity index (χ1) is 17.7. The lowest BCUT2D eigenvalue weighted by Gasteiger charge is -2.30. The van der Waals surface area contributed by atoms with Gasteiger partial charge >= 0.3 is 0 Å². The summed E-state index contributed by atoms with van der Waals surface area (Å²) in [7, 11) is 3.32. The molecule has 8 nitrogen and oxygen atoms in total. The van der Waals surface area contributed by atoms with Crippen molar-refractivity contribution >= 4 is 30.7 Å². The van der Waals surface area contributed by atoms with E-state index in [1.165, 1.54) is 0 Å². The molecule has 0 saturated carbocycles. The Morgan fingerprint density at radius 1 is 1.10 bits per heavy atom. The fourth-order valence-electron chi connectivity index (χ4n) is 4.95. The number of benzene rings is 1. The van der Waals surface area contributed by atoms with E-state index in [-0.39, 0.29) is 54.5 Å². The number of carbonyl (C=O) groups is 1. The first-order valence-corrected chi connectivity index (χ1v) is 13.9. The van der Waals surface area contributed by atoms with Crippen molar-refractivity contribution < 1.29 is 24.1 Å². The molecular weight excluding hydrogens is 541 g/mol. The maximum absolute atomic E-state index is 12.9. The molecule has 1 fully saturated rings. The van der Waals surface area contributed by atoms with Gasteiger partial charge in [0.1, 0.15) is 0 Å². The third-order valence-electron chi connectivity index (χ3n) is 7.53. The van der Waals surface area contributed by atoms with Crippen LogP contribution in [0.3, 0.4) is 0 Å². The number of nitrogens with two attached hydrogens (primary N) is 1. The molecule has 1 saturated heterocycles. The van der Waals surface area contributed by atoms with Crippen molar-refractivity contribution in [3.63, 3.8) is 0 Å². The van der Waals surface area contributed by atoms with Crippen molar-refractivity contribution in [2.75, 3.05) is 40.5 Å². The summed E-state index contributed by atoms with van der Waals surface area (Å²) in [5, 5.41) is 17.5. The molecule has 1 heterocycles. The van der Waals surface area contributed by atoms with Gasteiger partial charge in [0.2, 0.25) is 5.91 Å². The van der Waals surface area contributed by atoms with Crippen molar-refractivity contribution in [2.24, 2.45) is 29.4 Å². The van der Waals surface area contributed by atoms with Crippen LogP contribution in [-0.4, -0.2) is 69.7 Å². The molecule has 4 unspecified atom stereocenters. The molecule has 1 aromatic rings. The second-order valence-electron chi connectivity index (χ2n) is 11.1. The molecule has 10 heteroatoms. The first-order valence-electron chi connectivity index (χ1n) is 13.9. The molecule has 5 atom stereocenters. The Kier molecular flexibility index (Phi) is 19.1. The van der Waals surface area contributed by atoms with E-state index in [2.05, 4.69) is 30.5 Å². The number of halogens is 2. The summed E-state index contributed by atoms with van der Waals surface area (Å²) in [6.07, 6.45) is 2.87. The summed E-state index contributed by atoms with van der Waals surface area (Å²) < 4.78 is 16.5. The minimum atomic E-state index is -0.739. The van der Waals surface area contributed by atoms with Crippen molar-refractivity contribution in [2.45, 2.75) is 78.0 Å². The fraction of sp³-hybridized carbons (Fsp3) is 0.759. The number of methoxy groups -OCH3 is 2. The van der Waals surface area contributed by atoms with Gasteiger partial charge in [-0.3, -0.25) is 4.79 Å². The number of amides is 1. The number of nitrogens with one attached hydrogen (secondary N) is 2. The average molecular weight is 595 g/mol. The van der Waals surface area contributed by atoms with Gasteiger partial charge < -0.3 is 35.7 Å². The van der Waals surface area contributed by atoms with Gasteiger partial charge in [0.25, 0.3) is 0 Å². The van der Waals surface area contributed by atoms with Gasteiger partial charge in [0.05, 0.1) is 19.8 Å². The Labute approximate surface area is 248 Å². The van der Waals surface area contributed by atoms with Crippen LogP contribution in [0.5, 0.6) is 11.5 Å². The van der Waals surface area contributed by atoms with Crippen LogP contribution in [-0.2, 0) is 16.0 Å². The molecule has 39 heavy (non-hydrogen) atoms. The fourth-order valence-corrected chi connectivity index (χ4v) is 4.95. The van der Waals surface area contributed by atoms with E-state index in [0.29, 0.717) is 37.7 Å². The Hall–Kier alpha value is -1.29. The van der Waals surface area contributed by atoms with Crippen LogP contribution in [0.2, 0.25) is 0 Å². The van der Waals surface area contributed by atoms with Gasteiger partial charge in [-0.05, 0) is 67.7 Å². The second kappa shape index (κ2) is 19.7. The Morgan fingerprint density at radius 2 is 1.82 bits per heavy atom. The molecule has 0 aromatic heterocycles. The van der Waals surface area contributed by atoms with Crippen molar-refractivity contribution in [1.29, 1.82) is 0 Å². The lowest BCUT2D eigenvalue weighted by atomic mass is 9.80. The highest BCUT2D eigenvalue weighted by atomic mass is 35.5. The normalized spacial score (nSPS) is 18.1. The second-order valence-corrected chi connectivity index (χ2v) is 11.1. The van der Waals surface area contributed by atoms with Gasteiger partial charge in [0.15, 0.2) is 11.5 Å². The lowest BCUT2D eigenvalue weighted by molar-refractivity contribution is -0.128. The summed E-state index contributed by atoms with van der Waals surface area (Å²) in [4.78, 5) is 12.9. The molecule has 0 aliphatic carbocycles. The minimum absolute atomic E-state index is 0. The molecule has 1 aliphatic heterocycles. The summed E-state index contributed by atoms with van der Waals surface area (Å²) in [6, 6.07) is 5.81. The van der Waals surface area contributed by atoms with E-state index in [4.69, 9.17) is 19.9 Å². The molecule has 0 bridgehead atoms. The zero-order chi connectivity index (χ0) is 27.4. The van der Waals surface area contributed by atoms with Gasteiger partial charge in [-0.15, -0.1) is 24.8 Å². The summed E-state index contributed by atoms with van der Waals surface area (Å²) >= 11 is 0. The van der Waals surface area contributed by atoms with Gasteiger partial charge in [-0.1, -0.05) is 33.8 Å². The van der Waals surface area contributed by atoms with Crippen LogP contribution in [0.25, 0.3) is 0 Å². The quantitative estimate of drug-likeness (QED) is 0.202. The SMILES string of the molecule is COCCCOc1cc(CC(CC(N)C(O)CC(C(=O)N[C@H]2CCNC2)C(C)C)C(C)C)ccc1OC.Cl.Cl. The van der Waals surface area contributed by atoms with E-state index in [9.17, 15) is 9.90 Å². The van der Waals surface area contributed by atoms with Crippen LogP contribution in [0.4, 0.5) is 0 Å². The zero-order valence-corrected chi connectivity index (χ0v) is 26.2. The van der Waals surface area contributed by atoms with Crippen LogP contribution in [0.15, 0.2) is 18.2 Å². The lowest BCUT2D eigenvalue weighted by Crippen LogP contribution is -2.45. The Morgan fingerprint density at radius 3 is 2.38 bits per heavy atom. The number of aliphatic hydroxyl groups excluding tert-OH is 1. The molecular formula is C29H53Cl2N3O5. The smallest absolute Gasteiger partial charge is 0.223 e. The topological polar surface area (TPSA) is 115 Å². The first kappa shape index (κ1) is 37.7. The maximum atomic E-state index is 12.9. The minimum Gasteiger partial charge on any atom is -0.493 e. The molecule has 1 aromatic carbocycles. The Bertz CT molecular complexity index is 809. The largest absolute Gasteiger partial charge is 0.493 e. The number of carbonyl (C=O) groups excluding carboxylic acids is 1.